The molecule has 1 aromatic carbocycles. The Morgan fingerprint density at radius 1 is 1.31 bits per heavy atom. The van der Waals surface area contributed by atoms with Gasteiger partial charge in [0.1, 0.15) is 0 Å². The highest BCUT2D eigenvalue weighted by molar-refractivity contribution is 5.13. The van der Waals surface area contributed by atoms with Gasteiger partial charge in [-0.05, 0) is 19.7 Å². The molecule has 2 N–H and O–H groups in total. The number of aliphatic hydroxyl groups excluding tert-OH is 1. The minimum Gasteiger partial charge on any atom is -0.390 e. The molecule has 16 heavy (non-hydrogen) atoms. The molecule has 1 unspecified atom stereocenters. The Hall–Kier alpha value is -0.940. The standard InChI is InChI=1S/C12H20N2O2/c1-14(2)9-12(15)8-13-16-10-11-6-4-3-5-7-11/h3-7,12-13,15H,8-10H2,1-2H3. The van der Waals surface area contributed by atoms with Gasteiger partial charge in [-0.25, -0.2) is 0 Å². The quantitative estimate of drug-likeness (QED) is 0.527. The second-order valence-corrected chi connectivity index (χ2v) is 4.04. The average molecular weight is 224 g/mol. The topological polar surface area (TPSA) is 44.7 Å². The number of hydrogen-bond donors (Lipinski definition) is 2. The van der Waals surface area contributed by atoms with E-state index in [0.717, 1.165) is 5.56 Å². The van der Waals surface area contributed by atoms with Crippen molar-refractivity contribution in [1.82, 2.24) is 10.4 Å². The van der Waals surface area contributed by atoms with E-state index in [1.807, 2.05) is 49.3 Å². The molecule has 0 fully saturated rings. The number of hydrogen-bond acceptors (Lipinski definition) is 4. The number of benzene rings is 1. The highest BCUT2D eigenvalue weighted by Gasteiger charge is 2.04. The van der Waals surface area contributed by atoms with E-state index in [-0.39, 0.29) is 0 Å². The van der Waals surface area contributed by atoms with Crippen molar-refractivity contribution in [2.75, 3.05) is 27.2 Å². The third-order valence-electron chi connectivity index (χ3n) is 2.08. The molecule has 0 aliphatic carbocycles. The third kappa shape index (κ3) is 5.82. The Morgan fingerprint density at radius 2 is 2.00 bits per heavy atom. The Balaban J connectivity index is 2.08. The highest BCUT2D eigenvalue weighted by atomic mass is 16.6. The Morgan fingerprint density at radius 3 is 2.62 bits per heavy atom. The predicted octanol–water partition coefficient (Wildman–Crippen LogP) is 0.630. The summed E-state index contributed by atoms with van der Waals surface area (Å²) in [5.74, 6) is 0. The summed E-state index contributed by atoms with van der Waals surface area (Å²) in [7, 11) is 3.85. The minimum absolute atomic E-state index is 0.411. The van der Waals surface area contributed by atoms with Gasteiger partial charge in [0.2, 0.25) is 0 Å². The van der Waals surface area contributed by atoms with Crippen LogP contribution in [0.1, 0.15) is 5.56 Å². The molecule has 0 heterocycles. The van der Waals surface area contributed by atoms with Crippen molar-refractivity contribution in [3.8, 4) is 0 Å². The second-order valence-electron chi connectivity index (χ2n) is 4.04. The van der Waals surface area contributed by atoms with Crippen LogP contribution in [0.4, 0.5) is 0 Å². The van der Waals surface area contributed by atoms with Crippen LogP contribution in [0.2, 0.25) is 0 Å². The maximum absolute atomic E-state index is 9.53. The first-order valence-electron chi connectivity index (χ1n) is 5.40. The molecule has 0 aliphatic heterocycles. The van der Waals surface area contributed by atoms with Crippen molar-refractivity contribution in [2.24, 2.45) is 0 Å². The summed E-state index contributed by atoms with van der Waals surface area (Å²) in [4.78, 5) is 7.18. The maximum atomic E-state index is 9.53. The van der Waals surface area contributed by atoms with E-state index < -0.39 is 6.10 Å². The fourth-order valence-corrected chi connectivity index (χ4v) is 1.35. The van der Waals surface area contributed by atoms with E-state index >= 15 is 0 Å². The molecule has 1 aromatic rings. The van der Waals surface area contributed by atoms with Crippen LogP contribution in [-0.2, 0) is 11.4 Å². The fourth-order valence-electron chi connectivity index (χ4n) is 1.35. The number of rotatable bonds is 7. The van der Waals surface area contributed by atoms with E-state index in [4.69, 9.17) is 4.84 Å². The van der Waals surface area contributed by atoms with Crippen LogP contribution in [0.5, 0.6) is 0 Å². The Labute approximate surface area is 96.8 Å². The summed E-state index contributed by atoms with van der Waals surface area (Å²) in [6.07, 6.45) is -0.411. The molecule has 0 saturated heterocycles. The van der Waals surface area contributed by atoms with Crippen LogP contribution in [0.3, 0.4) is 0 Å². The summed E-state index contributed by atoms with van der Waals surface area (Å²) >= 11 is 0. The van der Waals surface area contributed by atoms with Crippen LogP contribution in [0.15, 0.2) is 30.3 Å². The minimum atomic E-state index is -0.411. The van der Waals surface area contributed by atoms with Crippen LogP contribution in [-0.4, -0.2) is 43.3 Å². The molecule has 1 rings (SSSR count). The van der Waals surface area contributed by atoms with E-state index in [1.54, 1.807) is 0 Å². The third-order valence-corrected chi connectivity index (χ3v) is 2.08. The fraction of sp³-hybridized carbons (Fsp3) is 0.500. The first-order chi connectivity index (χ1) is 7.68. The van der Waals surface area contributed by atoms with Gasteiger partial charge < -0.3 is 10.0 Å². The van der Waals surface area contributed by atoms with Crippen molar-refractivity contribution < 1.29 is 9.94 Å². The highest BCUT2D eigenvalue weighted by Crippen LogP contribution is 1.98. The van der Waals surface area contributed by atoms with Gasteiger partial charge in [0.05, 0.1) is 12.7 Å². The molecule has 4 heteroatoms. The summed E-state index contributed by atoms with van der Waals surface area (Å²) < 4.78 is 0. The lowest BCUT2D eigenvalue weighted by molar-refractivity contribution is -0.00107. The average Bonchev–Trinajstić information content (AvgIpc) is 2.25. The van der Waals surface area contributed by atoms with Crippen molar-refractivity contribution in [3.05, 3.63) is 35.9 Å². The summed E-state index contributed by atoms with van der Waals surface area (Å²) in [6.45, 7) is 1.57. The van der Waals surface area contributed by atoms with Crippen molar-refractivity contribution in [3.63, 3.8) is 0 Å². The molecule has 0 aromatic heterocycles. The predicted molar refractivity (Wildman–Crippen MR) is 63.8 cm³/mol. The molecule has 90 valence electrons. The maximum Gasteiger partial charge on any atom is 0.0933 e. The van der Waals surface area contributed by atoms with Gasteiger partial charge in [0, 0.05) is 13.1 Å². The summed E-state index contributed by atoms with van der Waals surface area (Å²) in [5.41, 5.74) is 3.87. The van der Waals surface area contributed by atoms with Gasteiger partial charge in [-0.3, -0.25) is 4.84 Å². The van der Waals surface area contributed by atoms with Crippen LogP contribution in [0.25, 0.3) is 0 Å². The summed E-state index contributed by atoms with van der Waals surface area (Å²) in [5, 5.41) is 9.53. The first kappa shape index (κ1) is 13.1. The number of hydroxylamine groups is 1. The molecule has 1 atom stereocenters. The van der Waals surface area contributed by atoms with Crippen LogP contribution >= 0.6 is 0 Å². The molecule has 0 bridgehead atoms. The molecule has 0 aliphatic rings. The van der Waals surface area contributed by atoms with E-state index in [9.17, 15) is 5.11 Å². The lowest BCUT2D eigenvalue weighted by atomic mass is 10.2. The zero-order valence-corrected chi connectivity index (χ0v) is 9.89. The van der Waals surface area contributed by atoms with Crippen molar-refractivity contribution in [2.45, 2.75) is 12.7 Å². The van der Waals surface area contributed by atoms with Gasteiger partial charge in [-0.1, -0.05) is 30.3 Å². The molecule has 0 saturated carbocycles. The number of likely N-dealkylation sites (N-methyl/N-ethyl adjacent to an activating group) is 1. The molecule has 0 spiro atoms. The van der Waals surface area contributed by atoms with Crippen LogP contribution < -0.4 is 5.48 Å². The summed E-state index contributed by atoms with van der Waals surface area (Å²) in [6, 6.07) is 9.91. The van der Waals surface area contributed by atoms with Crippen molar-refractivity contribution >= 4 is 0 Å². The van der Waals surface area contributed by atoms with Gasteiger partial charge >= 0.3 is 0 Å². The lowest BCUT2D eigenvalue weighted by Gasteiger charge is -2.16. The zero-order chi connectivity index (χ0) is 11.8. The smallest absolute Gasteiger partial charge is 0.0933 e. The monoisotopic (exact) mass is 224 g/mol. The number of aliphatic hydroxyl groups is 1. The Bertz CT molecular complexity index is 278. The van der Waals surface area contributed by atoms with E-state index in [1.165, 1.54) is 0 Å². The SMILES string of the molecule is CN(C)CC(O)CNOCc1ccccc1. The normalized spacial score (nSPS) is 13.0. The van der Waals surface area contributed by atoms with Gasteiger partial charge in [0.15, 0.2) is 0 Å². The zero-order valence-electron chi connectivity index (χ0n) is 9.89. The van der Waals surface area contributed by atoms with Gasteiger partial charge in [-0.15, -0.1) is 0 Å². The largest absolute Gasteiger partial charge is 0.390 e. The van der Waals surface area contributed by atoms with E-state index in [2.05, 4.69) is 5.48 Å². The second kappa shape index (κ2) is 7.35. The first-order valence-corrected chi connectivity index (χ1v) is 5.40. The lowest BCUT2D eigenvalue weighted by Crippen LogP contribution is -2.34. The number of nitrogens with zero attached hydrogens (tertiary/aromatic N) is 1. The van der Waals surface area contributed by atoms with Crippen LogP contribution in [0, 0.1) is 0 Å². The molecule has 0 amide bonds. The molecule has 0 radical (unpaired) electrons. The molecular formula is C12H20N2O2. The molecular weight excluding hydrogens is 204 g/mol. The van der Waals surface area contributed by atoms with Crippen molar-refractivity contribution in [1.29, 1.82) is 0 Å². The Kier molecular flexibility index (Phi) is 6.03. The number of nitrogens with one attached hydrogen (secondary N) is 1. The molecule has 4 nitrogen and oxygen atoms in total. The van der Waals surface area contributed by atoms with Gasteiger partial charge in [0.25, 0.3) is 0 Å². The van der Waals surface area contributed by atoms with Gasteiger partial charge in [-0.2, -0.15) is 5.48 Å². The van der Waals surface area contributed by atoms with E-state index in [0.29, 0.717) is 19.7 Å².